The summed E-state index contributed by atoms with van der Waals surface area (Å²) in [6.07, 6.45) is 4.39. The zero-order valence-electron chi connectivity index (χ0n) is 12.7. The lowest BCUT2D eigenvalue weighted by atomic mass is 9.98. The summed E-state index contributed by atoms with van der Waals surface area (Å²) in [6.45, 7) is 0. The Morgan fingerprint density at radius 3 is 2.39 bits per heavy atom. The normalized spacial score (nSPS) is 12.2. The lowest BCUT2D eigenvalue weighted by Crippen LogP contribution is -2.00. The fraction of sp³-hybridized carbons (Fsp3) is 0.0455. The van der Waals surface area contributed by atoms with E-state index in [9.17, 15) is 4.79 Å². The fourth-order valence-electron chi connectivity index (χ4n) is 3.21. The maximum atomic E-state index is 12.6. The molecule has 23 heavy (non-hydrogen) atoms. The highest BCUT2D eigenvalue weighted by molar-refractivity contribution is 6.09. The molecular formula is C22H16O. The molecule has 0 aromatic heterocycles. The fourth-order valence-corrected chi connectivity index (χ4v) is 3.21. The quantitative estimate of drug-likeness (QED) is 0.377. The summed E-state index contributed by atoms with van der Waals surface area (Å²) in [5.41, 5.74) is 6.75. The van der Waals surface area contributed by atoms with Gasteiger partial charge in [-0.2, -0.15) is 0 Å². The smallest absolute Gasteiger partial charge is 0.186 e. The Labute approximate surface area is 135 Å². The van der Waals surface area contributed by atoms with Gasteiger partial charge in [-0.05, 0) is 40.3 Å². The zero-order chi connectivity index (χ0) is 15.6. The highest BCUT2D eigenvalue weighted by atomic mass is 16.1. The van der Waals surface area contributed by atoms with E-state index in [0.717, 1.165) is 23.1 Å². The van der Waals surface area contributed by atoms with Crippen LogP contribution in [0.15, 0.2) is 78.9 Å². The third-order valence-electron chi connectivity index (χ3n) is 4.34. The van der Waals surface area contributed by atoms with Crippen molar-refractivity contribution in [1.82, 2.24) is 0 Å². The van der Waals surface area contributed by atoms with Crippen LogP contribution in [-0.2, 0) is 6.42 Å². The molecule has 0 bridgehead atoms. The lowest BCUT2D eigenvalue weighted by molar-refractivity contribution is 0.104. The van der Waals surface area contributed by atoms with Gasteiger partial charge in [0, 0.05) is 5.56 Å². The number of hydrogen-bond acceptors (Lipinski definition) is 1. The number of carbonyl (C=O) groups excluding carboxylic acids is 1. The summed E-state index contributed by atoms with van der Waals surface area (Å²) in [4.78, 5) is 12.6. The first-order valence-corrected chi connectivity index (χ1v) is 7.80. The summed E-state index contributed by atoms with van der Waals surface area (Å²) in [5.74, 6) is 0.0681. The van der Waals surface area contributed by atoms with Crippen LogP contribution in [0.4, 0.5) is 0 Å². The van der Waals surface area contributed by atoms with Gasteiger partial charge in [0.25, 0.3) is 0 Å². The van der Waals surface area contributed by atoms with Crippen molar-refractivity contribution >= 4 is 11.9 Å². The standard InChI is InChI=1S/C22H16O/c23-22(14-13-16-7-2-1-3-8-16)20-12-6-11-19-18-10-5-4-9-17(18)15-21(19)20/h1-14H,15H2. The molecular weight excluding hydrogens is 280 g/mol. The molecule has 3 aromatic rings. The van der Waals surface area contributed by atoms with Crippen LogP contribution in [0.25, 0.3) is 17.2 Å². The summed E-state index contributed by atoms with van der Waals surface area (Å²) in [5, 5.41) is 0. The van der Waals surface area contributed by atoms with E-state index in [0.29, 0.717) is 0 Å². The number of carbonyl (C=O) groups is 1. The highest BCUT2D eigenvalue weighted by Crippen LogP contribution is 2.38. The van der Waals surface area contributed by atoms with Gasteiger partial charge in [0.15, 0.2) is 5.78 Å². The molecule has 0 unspecified atom stereocenters. The largest absolute Gasteiger partial charge is 0.289 e. The number of hydrogen-bond donors (Lipinski definition) is 0. The molecule has 0 amide bonds. The minimum absolute atomic E-state index is 0.0681. The van der Waals surface area contributed by atoms with E-state index in [1.165, 1.54) is 16.7 Å². The van der Waals surface area contributed by atoms with Gasteiger partial charge in [-0.3, -0.25) is 4.79 Å². The maximum absolute atomic E-state index is 12.6. The van der Waals surface area contributed by atoms with Gasteiger partial charge >= 0.3 is 0 Å². The van der Waals surface area contributed by atoms with E-state index >= 15 is 0 Å². The first-order valence-electron chi connectivity index (χ1n) is 7.80. The molecule has 1 aliphatic carbocycles. The summed E-state index contributed by atoms with van der Waals surface area (Å²) < 4.78 is 0. The van der Waals surface area contributed by atoms with Crippen LogP contribution in [-0.4, -0.2) is 5.78 Å². The first-order chi connectivity index (χ1) is 11.3. The molecule has 1 heteroatoms. The topological polar surface area (TPSA) is 17.1 Å². The molecule has 0 aliphatic heterocycles. The third kappa shape index (κ3) is 2.51. The molecule has 1 aliphatic rings. The number of allylic oxidation sites excluding steroid dienone is 1. The Hall–Kier alpha value is -2.93. The highest BCUT2D eigenvalue weighted by Gasteiger charge is 2.22. The second kappa shape index (κ2) is 5.69. The van der Waals surface area contributed by atoms with Crippen LogP contribution in [0.1, 0.15) is 27.0 Å². The van der Waals surface area contributed by atoms with E-state index in [4.69, 9.17) is 0 Å². The van der Waals surface area contributed by atoms with Crippen molar-refractivity contribution < 1.29 is 4.79 Å². The number of fused-ring (bicyclic) bond motifs is 3. The lowest BCUT2D eigenvalue weighted by Gasteiger charge is -2.05. The Balaban J connectivity index is 1.69. The van der Waals surface area contributed by atoms with Crippen molar-refractivity contribution in [2.75, 3.05) is 0 Å². The molecule has 0 saturated carbocycles. The molecule has 0 fully saturated rings. The van der Waals surface area contributed by atoms with Crippen molar-refractivity contribution in [1.29, 1.82) is 0 Å². The van der Waals surface area contributed by atoms with Crippen molar-refractivity contribution in [3.63, 3.8) is 0 Å². The number of rotatable bonds is 3. The van der Waals surface area contributed by atoms with Crippen LogP contribution in [0.2, 0.25) is 0 Å². The van der Waals surface area contributed by atoms with Gasteiger partial charge in [-0.15, -0.1) is 0 Å². The molecule has 4 rings (SSSR count). The van der Waals surface area contributed by atoms with Gasteiger partial charge in [0.2, 0.25) is 0 Å². The van der Waals surface area contributed by atoms with Crippen molar-refractivity contribution in [3.05, 3.63) is 101 Å². The molecule has 0 radical (unpaired) electrons. The van der Waals surface area contributed by atoms with E-state index in [2.05, 4.69) is 30.3 Å². The first kappa shape index (κ1) is 13.7. The third-order valence-corrected chi connectivity index (χ3v) is 4.34. The molecule has 0 spiro atoms. The molecule has 0 saturated heterocycles. The van der Waals surface area contributed by atoms with Crippen LogP contribution >= 0.6 is 0 Å². The summed E-state index contributed by atoms with van der Waals surface area (Å²) >= 11 is 0. The average Bonchev–Trinajstić information content (AvgIpc) is 2.99. The van der Waals surface area contributed by atoms with Crippen LogP contribution in [0, 0.1) is 0 Å². The molecule has 3 aromatic carbocycles. The summed E-state index contributed by atoms with van der Waals surface area (Å²) in [7, 11) is 0. The average molecular weight is 296 g/mol. The Morgan fingerprint density at radius 1 is 0.783 bits per heavy atom. The van der Waals surface area contributed by atoms with E-state index < -0.39 is 0 Å². The van der Waals surface area contributed by atoms with Gasteiger partial charge < -0.3 is 0 Å². The molecule has 0 heterocycles. The Morgan fingerprint density at radius 2 is 1.52 bits per heavy atom. The second-order valence-corrected chi connectivity index (χ2v) is 5.77. The molecule has 0 N–H and O–H groups in total. The van der Waals surface area contributed by atoms with Gasteiger partial charge in [-0.25, -0.2) is 0 Å². The van der Waals surface area contributed by atoms with Crippen molar-refractivity contribution in [3.8, 4) is 11.1 Å². The van der Waals surface area contributed by atoms with Crippen LogP contribution in [0.5, 0.6) is 0 Å². The van der Waals surface area contributed by atoms with Crippen LogP contribution in [0.3, 0.4) is 0 Å². The predicted molar refractivity (Wildman–Crippen MR) is 94.5 cm³/mol. The van der Waals surface area contributed by atoms with Gasteiger partial charge in [0.05, 0.1) is 0 Å². The monoisotopic (exact) mass is 296 g/mol. The second-order valence-electron chi connectivity index (χ2n) is 5.77. The Kier molecular flexibility index (Phi) is 3.39. The molecule has 1 nitrogen and oxygen atoms in total. The van der Waals surface area contributed by atoms with E-state index in [-0.39, 0.29) is 5.78 Å². The van der Waals surface area contributed by atoms with Gasteiger partial charge in [0.1, 0.15) is 0 Å². The number of benzene rings is 3. The van der Waals surface area contributed by atoms with Crippen LogP contribution < -0.4 is 0 Å². The predicted octanol–water partition coefficient (Wildman–Crippen LogP) is 5.15. The SMILES string of the molecule is O=C(C=Cc1ccccc1)c1cccc2c1Cc1ccccc1-2. The molecule has 110 valence electrons. The minimum Gasteiger partial charge on any atom is -0.289 e. The molecule has 0 atom stereocenters. The van der Waals surface area contributed by atoms with Gasteiger partial charge in [-0.1, -0.05) is 78.9 Å². The minimum atomic E-state index is 0.0681. The van der Waals surface area contributed by atoms with E-state index in [1.807, 2.05) is 48.5 Å². The van der Waals surface area contributed by atoms with Crippen molar-refractivity contribution in [2.24, 2.45) is 0 Å². The van der Waals surface area contributed by atoms with E-state index in [1.54, 1.807) is 6.08 Å². The maximum Gasteiger partial charge on any atom is 0.186 e. The number of ketones is 1. The zero-order valence-corrected chi connectivity index (χ0v) is 12.7. The Bertz CT molecular complexity index is 904. The summed E-state index contributed by atoms with van der Waals surface area (Å²) in [6, 6.07) is 24.3. The van der Waals surface area contributed by atoms with Crippen molar-refractivity contribution in [2.45, 2.75) is 6.42 Å².